The summed E-state index contributed by atoms with van der Waals surface area (Å²) in [5.74, 6) is -9.43. The van der Waals surface area contributed by atoms with Gasteiger partial charge in [-0.2, -0.15) is 0 Å². The van der Waals surface area contributed by atoms with Crippen LogP contribution in [0, 0.1) is 11.8 Å². The summed E-state index contributed by atoms with van der Waals surface area (Å²) in [5, 5.41) is 49.4. The molecule has 7 rings (SSSR count). The summed E-state index contributed by atoms with van der Waals surface area (Å²) < 4.78 is 51.5. The van der Waals surface area contributed by atoms with Gasteiger partial charge in [0, 0.05) is 53.5 Å². The quantitative estimate of drug-likeness (QED) is 0.249. The number of carbonyl (C=O) groups is 3. The lowest BCUT2D eigenvalue weighted by atomic mass is 9.57. The molecule has 5 aliphatic rings. The van der Waals surface area contributed by atoms with Crippen molar-refractivity contribution >= 4 is 34.0 Å². The first-order valence-electron chi connectivity index (χ1n) is 15.3. The lowest BCUT2D eigenvalue weighted by Crippen LogP contribution is -2.67. The lowest BCUT2D eigenvalue weighted by molar-refractivity contribution is -0.274. The van der Waals surface area contributed by atoms with Crippen LogP contribution in [0.3, 0.4) is 0 Å². The average molecular weight is 660 g/mol. The van der Waals surface area contributed by atoms with Crippen molar-refractivity contribution in [1.82, 2.24) is 10.2 Å². The molecule has 1 amide bonds. The third-order valence-electron chi connectivity index (χ3n) is 9.98. The number of aliphatic hydroxyl groups is 3. The summed E-state index contributed by atoms with van der Waals surface area (Å²) in [4.78, 5) is 41.9. The number of hydrogen-bond donors (Lipinski definition) is 6. The SMILES string of the molecule is NC(=O)C1=C(O)[C@@]2(O)C(=O)C3=C(O)c4c(c(OC(F)(F)F)c5ccc(CNC6CC6)cc5c4O)C[C@H]3C[C@H]2[C@H](N2CCOCC2)C1=O. The Bertz CT molecular complexity index is 1800. The second-order valence-corrected chi connectivity index (χ2v) is 12.8. The van der Waals surface area contributed by atoms with E-state index in [1.54, 1.807) is 11.0 Å². The van der Waals surface area contributed by atoms with Crippen LogP contribution in [0.1, 0.15) is 36.0 Å². The first-order chi connectivity index (χ1) is 22.2. The molecule has 1 saturated heterocycles. The molecule has 250 valence electrons. The number of fused-ring (bicyclic) bond motifs is 4. The van der Waals surface area contributed by atoms with Crippen LogP contribution >= 0.6 is 0 Å². The molecule has 15 heteroatoms. The highest BCUT2D eigenvalue weighted by Crippen LogP contribution is 2.56. The van der Waals surface area contributed by atoms with Crippen molar-refractivity contribution in [2.24, 2.45) is 17.6 Å². The van der Waals surface area contributed by atoms with Gasteiger partial charge in [-0.3, -0.25) is 19.3 Å². The van der Waals surface area contributed by atoms with E-state index >= 15 is 0 Å². The molecule has 47 heavy (non-hydrogen) atoms. The highest BCUT2D eigenvalue weighted by molar-refractivity contribution is 6.24. The minimum Gasteiger partial charge on any atom is -0.508 e. The van der Waals surface area contributed by atoms with E-state index in [1.807, 2.05) is 0 Å². The van der Waals surface area contributed by atoms with Crippen LogP contribution in [0.2, 0.25) is 0 Å². The normalized spacial score (nSPS) is 28.3. The highest BCUT2D eigenvalue weighted by atomic mass is 19.4. The predicted octanol–water partition coefficient (Wildman–Crippen LogP) is 2.04. The smallest absolute Gasteiger partial charge is 0.508 e. The van der Waals surface area contributed by atoms with Gasteiger partial charge < -0.3 is 41.0 Å². The maximum absolute atomic E-state index is 14.3. The van der Waals surface area contributed by atoms with Gasteiger partial charge >= 0.3 is 6.36 Å². The first-order valence-corrected chi connectivity index (χ1v) is 15.3. The number of benzene rings is 2. The molecule has 7 N–H and O–H groups in total. The van der Waals surface area contributed by atoms with Gasteiger partial charge in [0.05, 0.1) is 24.8 Å². The van der Waals surface area contributed by atoms with Crippen LogP contribution in [0.15, 0.2) is 35.1 Å². The lowest BCUT2D eigenvalue weighted by Gasteiger charge is -2.51. The molecule has 12 nitrogen and oxygen atoms in total. The fourth-order valence-corrected chi connectivity index (χ4v) is 7.69. The molecular formula is C32H32F3N3O9. The molecule has 4 aliphatic carbocycles. The summed E-state index contributed by atoms with van der Waals surface area (Å²) in [6, 6.07) is 3.46. The van der Waals surface area contributed by atoms with Crippen LogP contribution in [0.5, 0.6) is 11.5 Å². The van der Waals surface area contributed by atoms with Gasteiger partial charge in [-0.15, -0.1) is 13.2 Å². The molecule has 1 aliphatic heterocycles. The van der Waals surface area contributed by atoms with Crippen molar-refractivity contribution in [3.63, 3.8) is 0 Å². The summed E-state index contributed by atoms with van der Waals surface area (Å²) in [5.41, 5.74) is 1.05. The number of nitrogens with two attached hydrogens (primary N) is 1. The van der Waals surface area contributed by atoms with Gasteiger partial charge in [0.1, 0.15) is 28.6 Å². The van der Waals surface area contributed by atoms with Crippen LogP contribution < -0.4 is 15.8 Å². The number of morpholine rings is 1. The van der Waals surface area contributed by atoms with E-state index in [-0.39, 0.29) is 55.5 Å². The summed E-state index contributed by atoms with van der Waals surface area (Å²) in [6.45, 7) is 1.09. The average Bonchev–Trinajstić information content (AvgIpc) is 3.84. The number of carbonyl (C=O) groups excluding carboxylic acids is 3. The number of Topliss-reactive ketones (excluding diaryl/α,β-unsaturated/α-hetero) is 2. The van der Waals surface area contributed by atoms with E-state index in [0.717, 1.165) is 12.8 Å². The van der Waals surface area contributed by atoms with Crippen molar-refractivity contribution < 1.29 is 57.5 Å². The molecule has 2 saturated carbocycles. The number of phenolic OH excluding ortho intramolecular Hbond substituents is 1. The van der Waals surface area contributed by atoms with Crippen LogP contribution in [-0.4, -0.2) is 93.2 Å². The number of ketones is 2. The standard InChI is InChI=1S/C32H32F3N3O9/c33-32(34,35)47-27-16-4-1-13(12-37-15-2-3-15)9-17(16)24(39)21-18(27)10-14-11-19-23(38-5-7-46-8-6-38)26(41)22(30(36)44)29(43)31(19,45)28(42)20(14)25(21)40/h1,4,9,14-15,19,23,37,39-40,43,45H,2-3,5-8,10-12H2,(H2,36,44)/t14-,19-,23-,31-/m0/s1. The van der Waals surface area contributed by atoms with E-state index in [2.05, 4.69) is 10.1 Å². The second kappa shape index (κ2) is 10.9. The van der Waals surface area contributed by atoms with Crippen LogP contribution in [0.4, 0.5) is 13.2 Å². The van der Waals surface area contributed by atoms with Gasteiger partial charge in [-0.25, -0.2) is 0 Å². The Labute approximate surface area is 265 Å². The molecule has 3 fully saturated rings. The summed E-state index contributed by atoms with van der Waals surface area (Å²) in [7, 11) is 0. The van der Waals surface area contributed by atoms with Crippen molar-refractivity contribution in [2.45, 2.75) is 56.3 Å². The van der Waals surface area contributed by atoms with E-state index in [0.29, 0.717) is 18.2 Å². The molecule has 0 bridgehead atoms. The second-order valence-electron chi connectivity index (χ2n) is 12.8. The molecular weight excluding hydrogens is 627 g/mol. The zero-order valence-corrected chi connectivity index (χ0v) is 24.9. The Morgan fingerprint density at radius 3 is 2.47 bits per heavy atom. The Balaban J connectivity index is 1.41. The van der Waals surface area contributed by atoms with Crippen molar-refractivity contribution in [1.29, 1.82) is 0 Å². The number of nitrogens with one attached hydrogen (secondary N) is 1. The number of rotatable bonds is 6. The number of hydrogen-bond acceptors (Lipinski definition) is 11. The number of nitrogens with zero attached hydrogens (tertiary/aromatic N) is 1. The summed E-state index contributed by atoms with van der Waals surface area (Å²) in [6.07, 6.45) is -3.81. The third-order valence-corrected chi connectivity index (χ3v) is 9.98. The molecule has 1 heterocycles. The minimum atomic E-state index is -5.16. The van der Waals surface area contributed by atoms with Gasteiger partial charge in [0.15, 0.2) is 11.4 Å². The van der Waals surface area contributed by atoms with Crippen molar-refractivity contribution in [3.8, 4) is 11.5 Å². The summed E-state index contributed by atoms with van der Waals surface area (Å²) >= 11 is 0. The first kappa shape index (κ1) is 31.4. The fraction of sp³-hybridized carbons (Fsp3) is 0.469. The molecule has 0 radical (unpaired) electrons. The number of ether oxygens (including phenoxy) is 2. The topological polar surface area (TPSA) is 192 Å². The number of primary amides is 1. The zero-order chi connectivity index (χ0) is 33.6. The number of phenols is 1. The van der Waals surface area contributed by atoms with E-state index in [4.69, 9.17) is 10.5 Å². The largest absolute Gasteiger partial charge is 0.573 e. The predicted molar refractivity (Wildman–Crippen MR) is 157 cm³/mol. The highest BCUT2D eigenvalue weighted by Gasteiger charge is 2.65. The zero-order valence-electron chi connectivity index (χ0n) is 24.9. The molecule has 0 spiro atoms. The molecule has 0 aromatic heterocycles. The number of aromatic hydroxyl groups is 1. The molecule has 2 aromatic carbocycles. The van der Waals surface area contributed by atoms with Gasteiger partial charge in [0.2, 0.25) is 5.78 Å². The van der Waals surface area contributed by atoms with E-state index in [1.165, 1.54) is 12.1 Å². The Morgan fingerprint density at radius 1 is 1.13 bits per heavy atom. The Morgan fingerprint density at radius 2 is 1.83 bits per heavy atom. The van der Waals surface area contributed by atoms with Crippen molar-refractivity contribution in [3.05, 3.63) is 51.8 Å². The molecule has 4 atom stereocenters. The number of aliphatic hydroxyl groups excluding tert-OH is 2. The Kier molecular flexibility index (Phi) is 7.31. The molecule has 2 aromatic rings. The van der Waals surface area contributed by atoms with E-state index < -0.39 is 87.0 Å². The Hall–Kier alpha value is -4.18. The third kappa shape index (κ3) is 4.94. The molecule has 0 unspecified atom stereocenters. The maximum Gasteiger partial charge on any atom is 0.573 e. The van der Waals surface area contributed by atoms with E-state index in [9.17, 15) is 48.0 Å². The van der Waals surface area contributed by atoms with Gasteiger partial charge in [0.25, 0.3) is 5.91 Å². The number of alkyl halides is 3. The maximum atomic E-state index is 14.3. The van der Waals surface area contributed by atoms with Gasteiger partial charge in [-0.05, 0) is 43.2 Å². The van der Waals surface area contributed by atoms with Gasteiger partial charge in [-0.1, -0.05) is 12.1 Å². The van der Waals surface area contributed by atoms with Crippen LogP contribution in [-0.2, 0) is 32.1 Å². The fourth-order valence-electron chi connectivity index (χ4n) is 7.69. The minimum absolute atomic E-state index is 0.0713. The number of halogens is 3. The van der Waals surface area contributed by atoms with Crippen molar-refractivity contribution in [2.75, 3.05) is 26.3 Å². The number of amides is 1. The van der Waals surface area contributed by atoms with Crippen LogP contribution in [0.25, 0.3) is 16.5 Å². The monoisotopic (exact) mass is 659 g/mol.